The molecule has 0 aliphatic heterocycles. The average molecular weight is 348 g/mol. The Morgan fingerprint density at radius 2 is 1.36 bits per heavy atom. The molecule has 0 aromatic heterocycles. The van der Waals surface area contributed by atoms with E-state index in [2.05, 4.69) is 10.6 Å². The van der Waals surface area contributed by atoms with Gasteiger partial charge in [0.05, 0.1) is 5.56 Å². The molecule has 0 heterocycles. The maximum absolute atomic E-state index is 12.5. The van der Waals surface area contributed by atoms with Crippen molar-refractivity contribution in [2.24, 2.45) is 0 Å². The Bertz CT molecular complexity index is 779. The largest absolute Gasteiger partial charge is 0.416 e. The van der Waals surface area contributed by atoms with E-state index in [4.69, 9.17) is 0 Å². The summed E-state index contributed by atoms with van der Waals surface area (Å²) in [6.45, 7) is 0. The minimum Gasteiger partial charge on any atom is -0.349 e. The maximum Gasteiger partial charge on any atom is 0.416 e. The number of carbonyl (C=O) groups is 2. The summed E-state index contributed by atoms with van der Waals surface area (Å²) < 4.78 is 37.6. The predicted molar refractivity (Wildman–Crippen MR) is 86.3 cm³/mol. The van der Waals surface area contributed by atoms with Crippen LogP contribution >= 0.6 is 0 Å². The van der Waals surface area contributed by atoms with E-state index in [9.17, 15) is 22.8 Å². The summed E-state index contributed by atoms with van der Waals surface area (Å²) in [5, 5.41) is 5.44. The van der Waals surface area contributed by atoms with Gasteiger partial charge in [-0.2, -0.15) is 13.2 Å². The molecular formula is C18H15F3N2O2. The van der Waals surface area contributed by atoms with Gasteiger partial charge in [-0.05, 0) is 61.4 Å². The molecule has 1 aliphatic rings. The van der Waals surface area contributed by atoms with E-state index in [0.717, 1.165) is 37.1 Å². The van der Waals surface area contributed by atoms with Crippen molar-refractivity contribution in [2.75, 3.05) is 5.32 Å². The third-order valence-electron chi connectivity index (χ3n) is 3.79. The second-order valence-electron chi connectivity index (χ2n) is 5.85. The van der Waals surface area contributed by atoms with Gasteiger partial charge in [0.15, 0.2) is 0 Å². The number of carbonyl (C=O) groups excluding carboxylic acids is 2. The second-order valence-corrected chi connectivity index (χ2v) is 5.85. The quantitative estimate of drug-likeness (QED) is 0.882. The molecular weight excluding hydrogens is 333 g/mol. The molecule has 2 aromatic rings. The van der Waals surface area contributed by atoms with Crippen LogP contribution in [0.2, 0.25) is 0 Å². The van der Waals surface area contributed by atoms with Crippen LogP contribution in [0.3, 0.4) is 0 Å². The first-order valence-electron chi connectivity index (χ1n) is 7.72. The number of benzene rings is 2. The van der Waals surface area contributed by atoms with Crippen molar-refractivity contribution in [3.8, 4) is 0 Å². The zero-order chi connectivity index (χ0) is 18.0. The van der Waals surface area contributed by atoms with Crippen molar-refractivity contribution in [3.05, 3.63) is 65.2 Å². The van der Waals surface area contributed by atoms with Crippen LogP contribution in [0.1, 0.15) is 39.1 Å². The summed E-state index contributed by atoms with van der Waals surface area (Å²) in [6, 6.07) is 10.5. The lowest BCUT2D eigenvalue weighted by molar-refractivity contribution is -0.137. The Kier molecular flexibility index (Phi) is 4.48. The summed E-state index contributed by atoms with van der Waals surface area (Å²) in [6.07, 6.45) is -2.45. The highest BCUT2D eigenvalue weighted by atomic mass is 19.4. The first-order chi connectivity index (χ1) is 11.8. The Labute approximate surface area is 142 Å². The lowest BCUT2D eigenvalue weighted by Crippen LogP contribution is -2.25. The number of rotatable bonds is 4. The highest BCUT2D eigenvalue weighted by Crippen LogP contribution is 2.29. The van der Waals surface area contributed by atoms with Crippen molar-refractivity contribution in [1.82, 2.24) is 5.32 Å². The van der Waals surface area contributed by atoms with E-state index in [1.165, 1.54) is 0 Å². The van der Waals surface area contributed by atoms with Gasteiger partial charge in [0.1, 0.15) is 0 Å². The molecule has 2 aromatic carbocycles. The fourth-order valence-corrected chi connectivity index (χ4v) is 2.22. The normalized spacial score (nSPS) is 14.0. The molecule has 0 atom stereocenters. The average Bonchev–Trinajstić information content (AvgIpc) is 3.38. The van der Waals surface area contributed by atoms with Gasteiger partial charge in [-0.1, -0.05) is 0 Å². The topological polar surface area (TPSA) is 58.2 Å². The van der Waals surface area contributed by atoms with Crippen LogP contribution in [0.25, 0.3) is 0 Å². The number of amides is 2. The van der Waals surface area contributed by atoms with Crippen LogP contribution in [-0.4, -0.2) is 17.9 Å². The second kappa shape index (κ2) is 6.58. The zero-order valence-corrected chi connectivity index (χ0v) is 13.1. The van der Waals surface area contributed by atoms with E-state index in [1.54, 1.807) is 24.3 Å². The molecule has 0 saturated heterocycles. The maximum atomic E-state index is 12.5. The summed E-state index contributed by atoms with van der Waals surface area (Å²) in [7, 11) is 0. The van der Waals surface area contributed by atoms with Crippen molar-refractivity contribution in [2.45, 2.75) is 25.1 Å². The standard InChI is InChI=1S/C18H15F3N2O2/c19-18(20,21)13-5-1-11(2-6-13)16(24)22-14-7-3-12(4-8-14)17(25)23-15-9-10-15/h1-8,15H,9-10H2,(H,22,24)(H,23,25). The predicted octanol–water partition coefficient (Wildman–Crippen LogP) is 3.85. The van der Waals surface area contributed by atoms with E-state index in [1.807, 2.05) is 0 Å². The summed E-state index contributed by atoms with van der Waals surface area (Å²) in [5.74, 6) is -0.688. The number of halogens is 3. The number of alkyl halides is 3. The molecule has 130 valence electrons. The monoisotopic (exact) mass is 348 g/mol. The molecule has 0 radical (unpaired) electrons. The molecule has 1 aliphatic carbocycles. The number of nitrogens with one attached hydrogen (secondary N) is 2. The Morgan fingerprint density at radius 1 is 0.840 bits per heavy atom. The molecule has 25 heavy (non-hydrogen) atoms. The van der Waals surface area contributed by atoms with Gasteiger partial charge >= 0.3 is 6.18 Å². The summed E-state index contributed by atoms with van der Waals surface area (Å²) in [5.41, 5.74) is 0.242. The lowest BCUT2D eigenvalue weighted by atomic mass is 10.1. The fourth-order valence-electron chi connectivity index (χ4n) is 2.22. The van der Waals surface area contributed by atoms with Gasteiger partial charge in [-0.25, -0.2) is 0 Å². The Balaban J connectivity index is 1.63. The van der Waals surface area contributed by atoms with Gasteiger partial charge in [-0.3, -0.25) is 9.59 Å². The van der Waals surface area contributed by atoms with E-state index in [0.29, 0.717) is 11.3 Å². The highest BCUT2D eigenvalue weighted by molar-refractivity contribution is 6.04. The van der Waals surface area contributed by atoms with Crippen molar-refractivity contribution < 1.29 is 22.8 Å². The molecule has 4 nitrogen and oxygen atoms in total. The molecule has 1 fully saturated rings. The van der Waals surface area contributed by atoms with Crippen LogP contribution < -0.4 is 10.6 Å². The molecule has 3 rings (SSSR count). The zero-order valence-electron chi connectivity index (χ0n) is 13.1. The SMILES string of the molecule is O=C(Nc1ccc(C(=O)NC2CC2)cc1)c1ccc(C(F)(F)F)cc1. The van der Waals surface area contributed by atoms with Gasteiger partial charge in [0.25, 0.3) is 11.8 Å². The van der Waals surface area contributed by atoms with Crippen LogP contribution in [0, 0.1) is 0 Å². The van der Waals surface area contributed by atoms with Crippen LogP contribution in [-0.2, 0) is 6.18 Å². The molecule has 1 saturated carbocycles. The number of hydrogen-bond acceptors (Lipinski definition) is 2. The smallest absolute Gasteiger partial charge is 0.349 e. The van der Waals surface area contributed by atoms with E-state index < -0.39 is 17.6 Å². The van der Waals surface area contributed by atoms with Gasteiger partial charge in [0.2, 0.25) is 0 Å². The first-order valence-corrected chi connectivity index (χ1v) is 7.72. The van der Waals surface area contributed by atoms with Gasteiger partial charge in [0, 0.05) is 22.9 Å². The van der Waals surface area contributed by atoms with Crippen LogP contribution in [0.15, 0.2) is 48.5 Å². The Morgan fingerprint density at radius 3 is 1.88 bits per heavy atom. The summed E-state index contributed by atoms with van der Waals surface area (Å²) >= 11 is 0. The van der Waals surface area contributed by atoms with Crippen molar-refractivity contribution in [1.29, 1.82) is 0 Å². The van der Waals surface area contributed by atoms with Crippen LogP contribution in [0.4, 0.5) is 18.9 Å². The lowest BCUT2D eigenvalue weighted by Gasteiger charge is -2.09. The van der Waals surface area contributed by atoms with E-state index in [-0.39, 0.29) is 17.5 Å². The molecule has 2 N–H and O–H groups in total. The van der Waals surface area contributed by atoms with Gasteiger partial charge in [-0.15, -0.1) is 0 Å². The minimum absolute atomic E-state index is 0.114. The molecule has 7 heteroatoms. The van der Waals surface area contributed by atoms with E-state index >= 15 is 0 Å². The molecule has 0 bridgehead atoms. The molecule has 2 amide bonds. The highest BCUT2D eigenvalue weighted by Gasteiger charge is 2.30. The van der Waals surface area contributed by atoms with Crippen LogP contribution in [0.5, 0.6) is 0 Å². The van der Waals surface area contributed by atoms with Crippen molar-refractivity contribution in [3.63, 3.8) is 0 Å². The number of anilines is 1. The summed E-state index contributed by atoms with van der Waals surface area (Å²) in [4.78, 5) is 23.9. The van der Waals surface area contributed by atoms with Crippen molar-refractivity contribution >= 4 is 17.5 Å². The first kappa shape index (κ1) is 17.0. The third-order valence-corrected chi connectivity index (χ3v) is 3.79. The van der Waals surface area contributed by atoms with Gasteiger partial charge < -0.3 is 10.6 Å². The number of hydrogen-bond donors (Lipinski definition) is 2. The minimum atomic E-state index is -4.44. The Hall–Kier alpha value is -2.83. The molecule has 0 spiro atoms. The molecule has 0 unspecified atom stereocenters. The fraction of sp³-hybridized carbons (Fsp3) is 0.222. The third kappa shape index (κ3) is 4.37.